The maximum absolute atomic E-state index is 12.1. The highest BCUT2D eigenvalue weighted by molar-refractivity contribution is 7.89. The second-order valence-corrected chi connectivity index (χ2v) is 7.06. The summed E-state index contributed by atoms with van der Waals surface area (Å²) in [6.07, 6.45) is 0. The molecule has 2 aromatic carbocycles. The highest BCUT2D eigenvalue weighted by Gasteiger charge is 2.21. The van der Waals surface area contributed by atoms with Gasteiger partial charge >= 0.3 is 0 Å². The monoisotopic (exact) mass is 327 g/mol. The Hall–Kier alpha value is -2.31. The minimum absolute atomic E-state index is 0.0804. The van der Waals surface area contributed by atoms with Gasteiger partial charge in [-0.3, -0.25) is 0 Å². The van der Waals surface area contributed by atoms with Gasteiger partial charge < -0.3 is 0 Å². The number of nitrogens with two attached hydrogens (primary N) is 1. The summed E-state index contributed by atoms with van der Waals surface area (Å²) in [6.45, 7) is 5.56. The molecule has 0 bridgehead atoms. The topological polar surface area (TPSA) is 85.9 Å². The Morgan fingerprint density at radius 2 is 1.65 bits per heavy atom. The van der Waals surface area contributed by atoms with Gasteiger partial charge in [0.2, 0.25) is 10.0 Å². The Kier molecular flexibility index (Phi) is 3.66. The second-order valence-electron chi connectivity index (χ2n) is 5.53. The first-order valence-electron chi connectivity index (χ1n) is 7.16. The molecule has 0 aliphatic rings. The summed E-state index contributed by atoms with van der Waals surface area (Å²) in [5.41, 5.74) is 2.81. The van der Waals surface area contributed by atoms with Crippen LogP contribution in [0.3, 0.4) is 0 Å². The van der Waals surface area contributed by atoms with Crippen LogP contribution < -0.4 is 5.14 Å². The van der Waals surface area contributed by atoms with Gasteiger partial charge in [-0.05, 0) is 43.2 Å². The number of hydrogen-bond donors (Lipinski definition) is 1. The first-order valence-corrected chi connectivity index (χ1v) is 8.70. The molecule has 0 fully saturated rings. The third kappa shape index (κ3) is 2.71. The number of rotatable bonds is 2. The van der Waals surface area contributed by atoms with E-state index in [2.05, 4.69) is 9.97 Å². The molecule has 0 aliphatic heterocycles. The second kappa shape index (κ2) is 5.40. The molecule has 5 nitrogen and oxygen atoms in total. The van der Waals surface area contributed by atoms with Crippen LogP contribution >= 0.6 is 0 Å². The molecule has 0 radical (unpaired) electrons. The van der Waals surface area contributed by atoms with E-state index in [0.29, 0.717) is 17.1 Å². The first kappa shape index (κ1) is 15.6. The summed E-state index contributed by atoms with van der Waals surface area (Å²) in [4.78, 5) is 8.92. The quantitative estimate of drug-likeness (QED) is 0.784. The molecule has 0 aliphatic carbocycles. The van der Waals surface area contributed by atoms with Crippen molar-refractivity contribution in [2.75, 3.05) is 0 Å². The van der Waals surface area contributed by atoms with Crippen LogP contribution in [0.5, 0.6) is 0 Å². The number of fused-ring (bicyclic) bond motifs is 1. The molecule has 3 rings (SSSR count). The molecular formula is C17H17N3O2S. The lowest BCUT2D eigenvalue weighted by Crippen LogP contribution is -2.14. The van der Waals surface area contributed by atoms with Gasteiger partial charge in [0.1, 0.15) is 5.82 Å². The van der Waals surface area contributed by atoms with Gasteiger partial charge in [0, 0.05) is 11.3 Å². The van der Waals surface area contributed by atoms with E-state index in [1.165, 1.54) is 0 Å². The van der Waals surface area contributed by atoms with Gasteiger partial charge in [0.05, 0.1) is 10.6 Å². The summed E-state index contributed by atoms with van der Waals surface area (Å²) in [6, 6.07) is 10.9. The number of aryl methyl sites for hydroxylation is 2. The first-order chi connectivity index (χ1) is 10.8. The van der Waals surface area contributed by atoms with Crippen LogP contribution in [-0.4, -0.2) is 18.4 Å². The Bertz CT molecular complexity index is 1030. The molecule has 1 aromatic heterocycles. The van der Waals surface area contributed by atoms with Gasteiger partial charge in [0.25, 0.3) is 0 Å². The summed E-state index contributed by atoms with van der Waals surface area (Å²) in [5, 5.41) is 7.18. The molecule has 6 heteroatoms. The fourth-order valence-electron chi connectivity index (χ4n) is 2.74. The van der Waals surface area contributed by atoms with Crippen molar-refractivity contribution < 1.29 is 8.42 Å². The number of aromatic nitrogens is 2. The van der Waals surface area contributed by atoms with Crippen LogP contribution in [-0.2, 0) is 10.0 Å². The molecule has 0 spiro atoms. The van der Waals surface area contributed by atoms with Gasteiger partial charge in [0.15, 0.2) is 0 Å². The van der Waals surface area contributed by atoms with Crippen LogP contribution in [0.1, 0.15) is 17.1 Å². The van der Waals surface area contributed by atoms with E-state index < -0.39 is 10.0 Å². The molecule has 1 heterocycles. The smallest absolute Gasteiger partial charge is 0.238 e. The van der Waals surface area contributed by atoms with Crippen molar-refractivity contribution in [1.29, 1.82) is 0 Å². The third-order valence-electron chi connectivity index (χ3n) is 3.94. The van der Waals surface area contributed by atoms with Crippen LogP contribution in [0.4, 0.5) is 0 Å². The van der Waals surface area contributed by atoms with Gasteiger partial charge in [-0.2, -0.15) is 0 Å². The minimum Gasteiger partial charge on any atom is -0.238 e. The Labute approximate surface area is 135 Å². The number of nitrogens with zero attached hydrogens (tertiary/aromatic N) is 2. The zero-order valence-corrected chi connectivity index (χ0v) is 14.0. The van der Waals surface area contributed by atoms with E-state index in [0.717, 1.165) is 22.0 Å². The Morgan fingerprint density at radius 3 is 2.35 bits per heavy atom. The van der Waals surface area contributed by atoms with Crippen molar-refractivity contribution in [2.45, 2.75) is 25.7 Å². The largest absolute Gasteiger partial charge is 0.238 e. The summed E-state index contributed by atoms with van der Waals surface area (Å²) in [7, 11) is -3.88. The van der Waals surface area contributed by atoms with Crippen molar-refractivity contribution >= 4 is 20.8 Å². The number of sulfonamides is 1. The standard InChI is InChI=1S/C17H17N3O2S/c1-10-11(2)19-12(3)20-17(10)16-14-7-5-4-6-13(14)8-9-15(16)23(18,21)22/h4-9H,1-3H3,(H2,18,21,22). The molecular weight excluding hydrogens is 310 g/mol. The third-order valence-corrected chi connectivity index (χ3v) is 4.89. The minimum atomic E-state index is -3.88. The molecule has 0 amide bonds. The normalized spacial score (nSPS) is 11.8. The fraction of sp³-hybridized carbons (Fsp3) is 0.176. The molecule has 23 heavy (non-hydrogen) atoms. The van der Waals surface area contributed by atoms with E-state index in [1.54, 1.807) is 19.1 Å². The Balaban J connectivity index is 2.54. The van der Waals surface area contributed by atoms with Crippen molar-refractivity contribution in [3.63, 3.8) is 0 Å². The lowest BCUT2D eigenvalue weighted by atomic mass is 9.98. The number of primary sulfonamides is 1. The maximum Gasteiger partial charge on any atom is 0.238 e. The Morgan fingerprint density at radius 1 is 0.957 bits per heavy atom. The lowest BCUT2D eigenvalue weighted by Gasteiger charge is -2.15. The predicted octanol–water partition coefficient (Wildman–Crippen LogP) is 2.87. The van der Waals surface area contributed by atoms with Crippen LogP contribution in [0, 0.1) is 20.8 Å². The van der Waals surface area contributed by atoms with Crippen molar-refractivity contribution in [2.24, 2.45) is 5.14 Å². The maximum atomic E-state index is 12.1. The SMILES string of the molecule is Cc1nc(C)c(C)c(-c2c(S(N)(=O)=O)ccc3ccccc23)n1. The molecule has 0 atom stereocenters. The van der Waals surface area contributed by atoms with Crippen LogP contribution in [0.15, 0.2) is 41.3 Å². The molecule has 2 N–H and O–H groups in total. The highest BCUT2D eigenvalue weighted by atomic mass is 32.2. The van der Waals surface area contributed by atoms with E-state index in [9.17, 15) is 8.42 Å². The van der Waals surface area contributed by atoms with Crippen molar-refractivity contribution in [1.82, 2.24) is 9.97 Å². The van der Waals surface area contributed by atoms with Crippen molar-refractivity contribution in [3.8, 4) is 11.3 Å². The van der Waals surface area contributed by atoms with E-state index >= 15 is 0 Å². The molecule has 118 valence electrons. The molecule has 0 saturated carbocycles. The number of benzene rings is 2. The lowest BCUT2D eigenvalue weighted by molar-refractivity contribution is 0.598. The molecule has 0 saturated heterocycles. The number of hydrogen-bond acceptors (Lipinski definition) is 4. The van der Waals surface area contributed by atoms with E-state index in [-0.39, 0.29) is 4.90 Å². The van der Waals surface area contributed by atoms with Crippen molar-refractivity contribution in [3.05, 3.63) is 53.5 Å². The van der Waals surface area contributed by atoms with Crippen LogP contribution in [0.25, 0.3) is 22.0 Å². The van der Waals surface area contributed by atoms with Gasteiger partial charge in [-0.1, -0.05) is 30.3 Å². The van der Waals surface area contributed by atoms with Crippen LogP contribution in [0.2, 0.25) is 0 Å². The zero-order valence-electron chi connectivity index (χ0n) is 13.2. The average Bonchev–Trinajstić information content (AvgIpc) is 2.49. The fourth-order valence-corrected chi connectivity index (χ4v) is 3.49. The van der Waals surface area contributed by atoms with Gasteiger partial charge in [-0.25, -0.2) is 23.5 Å². The predicted molar refractivity (Wildman–Crippen MR) is 90.6 cm³/mol. The summed E-state index contributed by atoms with van der Waals surface area (Å²) in [5.74, 6) is 0.594. The summed E-state index contributed by atoms with van der Waals surface area (Å²) < 4.78 is 24.2. The highest BCUT2D eigenvalue weighted by Crippen LogP contribution is 2.35. The molecule has 3 aromatic rings. The van der Waals surface area contributed by atoms with Gasteiger partial charge in [-0.15, -0.1) is 0 Å². The molecule has 0 unspecified atom stereocenters. The van der Waals surface area contributed by atoms with E-state index in [1.807, 2.05) is 38.1 Å². The summed E-state index contributed by atoms with van der Waals surface area (Å²) >= 11 is 0. The van der Waals surface area contributed by atoms with E-state index in [4.69, 9.17) is 5.14 Å². The zero-order chi connectivity index (χ0) is 16.8. The average molecular weight is 327 g/mol.